The van der Waals surface area contributed by atoms with Crippen LogP contribution in [0.1, 0.15) is 53.8 Å². The summed E-state index contributed by atoms with van der Waals surface area (Å²) in [4.78, 5) is 12.9. The zero-order valence-corrected chi connectivity index (χ0v) is 27.0. The van der Waals surface area contributed by atoms with E-state index in [2.05, 4.69) is 123 Å². The number of aryl methyl sites for hydroxylation is 3. The molecule has 4 heterocycles. The highest BCUT2D eigenvalue weighted by Gasteiger charge is 2.22. The highest BCUT2D eigenvalue weighted by atomic mass is 15.1. The van der Waals surface area contributed by atoms with Crippen molar-refractivity contribution in [3.05, 3.63) is 131 Å². The number of aromatic nitrogens is 2. The fraction of sp³-hybridized carbons (Fsp3) is 0.333. The Kier molecular flexibility index (Phi) is 8.27. The van der Waals surface area contributed by atoms with Crippen molar-refractivity contribution in [2.45, 2.75) is 57.8 Å². The van der Waals surface area contributed by atoms with E-state index in [4.69, 9.17) is 0 Å². The summed E-state index contributed by atoms with van der Waals surface area (Å²) >= 11 is 0. The number of aromatic amines is 2. The maximum Gasteiger partial charge on any atom is 0.0458 e. The van der Waals surface area contributed by atoms with Crippen molar-refractivity contribution in [1.82, 2.24) is 9.97 Å². The van der Waals surface area contributed by atoms with E-state index in [1.807, 2.05) is 0 Å². The predicted octanol–water partition coefficient (Wildman–Crippen LogP) is 9.28. The van der Waals surface area contributed by atoms with Gasteiger partial charge in [-0.3, -0.25) is 0 Å². The minimum absolute atomic E-state index is 0.586. The molecule has 234 valence electrons. The van der Waals surface area contributed by atoms with Gasteiger partial charge in [0, 0.05) is 65.4 Å². The fourth-order valence-electron chi connectivity index (χ4n) is 8.25. The van der Waals surface area contributed by atoms with E-state index in [0.717, 1.165) is 38.9 Å². The molecule has 0 radical (unpaired) electrons. The van der Waals surface area contributed by atoms with Gasteiger partial charge in [0.25, 0.3) is 0 Å². The molecular formula is C42H46N4. The normalized spacial score (nSPS) is 15.3. The number of hydrogen-bond donors (Lipinski definition) is 2. The second-order valence-electron chi connectivity index (χ2n) is 13.6. The van der Waals surface area contributed by atoms with Crippen LogP contribution in [-0.4, -0.2) is 36.1 Å². The van der Waals surface area contributed by atoms with Crippen molar-refractivity contribution < 1.29 is 0 Å². The molecule has 0 amide bonds. The van der Waals surface area contributed by atoms with Gasteiger partial charge in [0.15, 0.2) is 0 Å². The lowest BCUT2D eigenvalue weighted by Gasteiger charge is -2.33. The minimum Gasteiger partial charge on any atom is -0.371 e. The summed E-state index contributed by atoms with van der Waals surface area (Å²) in [6.07, 6.45) is 10.5. The minimum atomic E-state index is 0.586. The number of rotatable bonds is 11. The Balaban J connectivity index is 1.05. The molecule has 0 fully saturated rings. The molecule has 2 aliphatic rings. The van der Waals surface area contributed by atoms with Gasteiger partial charge in [-0.1, -0.05) is 72.8 Å². The molecule has 1 unspecified atom stereocenters. The average Bonchev–Trinajstić information content (AvgIpc) is 3.69. The van der Waals surface area contributed by atoms with E-state index in [0.29, 0.717) is 5.92 Å². The predicted molar refractivity (Wildman–Crippen MR) is 194 cm³/mol. The topological polar surface area (TPSA) is 38.1 Å². The van der Waals surface area contributed by atoms with E-state index >= 15 is 0 Å². The third kappa shape index (κ3) is 6.06. The van der Waals surface area contributed by atoms with E-state index in [-0.39, 0.29) is 0 Å². The molecule has 0 bridgehead atoms. The van der Waals surface area contributed by atoms with Crippen molar-refractivity contribution in [2.24, 2.45) is 5.92 Å². The molecule has 0 saturated carbocycles. The summed E-state index contributed by atoms with van der Waals surface area (Å²) in [5.41, 5.74) is 12.8. The Morgan fingerprint density at radius 1 is 0.609 bits per heavy atom. The number of nitrogens with zero attached hydrogens (tertiary/aromatic N) is 2. The molecule has 4 aromatic carbocycles. The van der Waals surface area contributed by atoms with Crippen LogP contribution in [0.4, 0.5) is 11.4 Å². The van der Waals surface area contributed by atoms with E-state index in [1.165, 1.54) is 106 Å². The Morgan fingerprint density at radius 2 is 1.26 bits per heavy atom. The first-order valence-corrected chi connectivity index (χ1v) is 17.6. The number of para-hydroxylation sites is 4. The molecule has 46 heavy (non-hydrogen) atoms. The second-order valence-corrected chi connectivity index (χ2v) is 13.6. The molecular weight excluding hydrogens is 560 g/mol. The van der Waals surface area contributed by atoms with Gasteiger partial charge in [-0.2, -0.15) is 0 Å². The Labute approximate surface area is 273 Å². The van der Waals surface area contributed by atoms with Crippen molar-refractivity contribution in [2.75, 3.05) is 36.0 Å². The van der Waals surface area contributed by atoms with E-state index in [9.17, 15) is 0 Å². The molecule has 4 heteroatoms. The van der Waals surface area contributed by atoms with Gasteiger partial charge in [0.05, 0.1) is 0 Å². The first-order valence-electron chi connectivity index (χ1n) is 17.6. The number of benzene rings is 4. The lowest BCUT2D eigenvalue weighted by molar-refractivity contribution is 0.438. The monoisotopic (exact) mass is 606 g/mol. The third-order valence-corrected chi connectivity index (χ3v) is 10.7. The number of H-pyrrole nitrogens is 2. The number of hydrogen-bond acceptors (Lipinski definition) is 2. The summed E-state index contributed by atoms with van der Waals surface area (Å²) in [6, 6.07) is 38.1. The number of anilines is 2. The summed E-state index contributed by atoms with van der Waals surface area (Å²) in [6.45, 7) is 4.50. The average molecular weight is 607 g/mol. The third-order valence-electron chi connectivity index (χ3n) is 10.7. The van der Waals surface area contributed by atoms with Crippen LogP contribution in [0.25, 0.3) is 21.8 Å². The van der Waals surface area contributed by atoms with Crippen molar-refractivity contribution in [1.29, 1.82) is 0 Å². The lowest BCUT2D eigenvalue weighted by atomic mass is 9.90. The summed E-state index contributed by atoms with van der Waals surface area (Å²) in [5.74, 6) is 0.586. The van der Waals surface area contributed by atoms with Crippen LogP contribution in [0, 0.1) is 5.92 Å². The van der Waals surface area contributed by atoms with Crippen LogP contribution in [0.5, 0.6) is 0 Å². The Bertz CT molecular complexity index is 1900. The standard InChI is InChI=1S/C42H46N4/c1-5-17-38-34(13-1)30-35(43-38)22-21-31(23-27-45-25-9-14-32-11-2-7-19-41(32)45)29-40-37(36-16-4-6-18-39(36)44-40)24-28-46-26-10-15-33-12-3-8-20-42(33)46/h1-8,11-13,16-20,30-31,43-44H,9-10,14-15,21-29H2. The molecule has 4 nitrogen and oxygen atoms in total. The van der Waals surface area contributed by atoms with Gasteiger partial charge in [-0.05, 0) is 116 Å². The Hall–Kier alpha value is -4.44. The summed E-state index contributed by atoms with van der Waals surface area (Å²) in [5, 5.41) is 2.72. The van der Waals surface area contributed by atoms with Crippen LogP contribution < -0.4 is 9.80 Å². The molecule has 0 aliphatic carbocycles. The Morgan fingerprint density at radius 3 is 2.02 bits per heavy atom. The van der Waals surface area contributed by atoms with E-state index < -0.39 is 0 Å². The molecule has 1 atom stereocenters. The van der Waals surface area contributed by atoms with Crippen molar-refractivity contribution in [3.8, 4) is 0 Å². The number of nitrogens with one attached hydrogen (secondary N) is 2. The molecule has 8 rings (SSSR count). The first kappa shape index (κ1) is 29.0. The second kappa shape index (κ2) is 13.1. The largest absolute Gasteiger partial charge is 0.371 e. The molecule has 2 aliphatic heterocycles. The maximum atomic E-state index is 3.93. The smallest absolute Gasteiger partial charge is 0.0458 e. The van der Waals surface area contributed by atoms with Crippen molar-refractivity contribution in [3.63, 3.8) is 0 Å². The van der Waals surface area contributed by atoms with Gasteiger partial charge in [0.2, 0.25) is 0 Å². The van der Waals surface area contributed by atoms with Crippen LogP contribution >= 0.6 is 0 Å². The summed E-state index contributed by atoms with van der Waals surface area (Å²) in [7, 11) is 0. The van der Waals surface area contributed by atoms with E-state index in [1.54, 1.807) is 0 Å². The molecule has 6 aromatic rings. The highest BCUT2D eigenvalue weighted by Crippen LogP contribution is 2.32. The lowest BCUT2D eigenvalue weighted by Crippen LogP contribution is -2.32. The van der Waals surface area contributed by atoms with Crippen LogP contribution in [0.3, 0.4) is 0 Å². The van der Waals surface area contributed by atoms with Gasteiger partial charge in [0.1, 0.15) is 0 Å². The quantitative estimate of drug-likeness (QED) is 0.154. The molecule has 2 aromatic heterocycles. The molecule has 0 saturated heterocycles. The van der Waals surface area contributed by atoms with Gasteiger partial charge in [-0.25, -0.2) is 0 Å². The van der Waals surface area contributed by atoms with Crippen LogP contribution in [-0.2, 0) is 32.1 Å². The highest BCUT2D eigenvalue weighted by molar-refractivity contribution is 5.85. The summed E-state index contributed by atoms with van der Waals surface area (Å²) < 4.78 is 0. The van der Waals surface area contributed by atoms with Gasteiger partial charge in [-0.15, -0.1) is 0 Å². The zero-order valence-electron chi connectivity index (χ0n) is 27.0. The zero-order chi connectivity index (χ0) is 30.7. The maximum absolute atomic E-state index is 3.93. The van der Waals surface area contributed by atoms with Gasteiger partial charge >= 0.3 is 0 Å². The molecule has 2 N–H and O–H groups in total. The molecule has 0 spiro atoms. The fourth-order valence-corrected chi connectivity index (χ4v) is 8.25. The number of fused-ring (bicyclic) bond motifs is 4. The first-order chi connectivity index (χ1) is 22.8. The van der Waals surface area contributed by atoms with Crippen LogP contribution in [0.15, 0.2) is 103 Å². The van der Waals surface area contributed by atoms with Gasteiger partial charge < -0.3 is 19.8 Å². The van der Waals surface area contributed by atoms with Crippen LogP contribution in [0.2, 0.25) is 0 Å². The SMILES string of the molecule is c1ccc2c(c1)CCCN2CCc1c(CC(CCc2cc3ccccc3[nH]2)CCN2CCCc3ccccc32)[nH]c2ccccc12. The van der Waals surface area contributed by atoms with Crippen molar-refractivity contribution >= 4 is 33.2 Å².